The summed E-state index contributed by atoms with van der Waals surface area (Å²) in [5.41, 5.74) is 6.33. The predicted molar refractivity (Wildman–Crippen MR) is 201 cm³/mol. The molecule has 0 atom stereocenters. The second-order valence-corrected chi connectivity index (χ2v) is 13.1. The van der Waals surface area contributed by atoms with Gasteiger partial charge in [0.15, 0.2) is 17.5 Å². The molecule has 224 valence electrons. The molecule has 3 aromatic heterocycles. The fraction of sp³-hybridized carbons (Fsp3) is 0. The summed E-state index contributed by atoms with van der Waals surface area (Å²) in [6.45, 7) is 0. The van der Waals surface area contributed by atoms with Gasteiger partial charge in [-0.25, -0.2) is 15.0 Å². The number of nitrogens with zero attached hydrogens (tertiary/aromatic N) is 4. The van der Waals surface area contributed by atoms with E-state index in [2.05, 4.69) is 102 Å². The Morgan fingerprint density at radius 3 is 1.67 bits per heavy atom. The van der Waals surface area contributed by atoms with Gasteiger partial charge in [-0.2, -0.15) is 0 Å². The molecule has 0 saturated heterocycles. The zero-order valence-electron chi connectivity index (χ0n) is 25.7. The quantitative estimate of drug-likeness (QED) is 0.194. The summed E-state index contributed by atoms with van der Waals surface area (Å²) in [6, 6.07) is 55.5. The summed E-state index contributed by atoms with van der Waals surface area (Å²) in [5, 5.41) is 7.70. The third-order valence-corrected chi connectivity index (χ3v) is 10.4. The van der Waals surface area contributed by atoms with E-state index in [0.29, 0.717) is 17.5 Å². The SMILES string of the molecule is c1ccc(-c2nc(-c3ccccc3)nc(-c3ccc(-n4c5ccccc5c5cc6sc7c8ccccc8ccc7c6cc54)cc3)n2)cc1. The number of fused-ring (bicyclic) bond motifs is 8. The first-order chi connectivity index (χ1) is 23.8. The number of benzene rings is 7. The fourth-order valence-electron chi connectivity index (χ4n) is 6.94. The van der Waals surface area contributed by atoms with E-state index in [1.165, 1.54) is 52.8 Å². The van der Waals surface area contributed by atoms with E-state index in [-0.39, 0.29) is 0 Å². The van der Waals surface area contributed by atoms with Crippen LogP contribution in [0.5, 0.6) is 0 Å². The molecule has 0 spiro atoms. The molecular weight excluding hydrogens is 605 g/mol. The summed E-state index contributed by atoms with van der Waals surface area (Å²) in [4.78, 5) is 14.7. The molecular formula is C43H26N4S. The third kappa shape index (κ3) is 4.25. The van der Waals surface area contributed by atoms with Crippen LogP contribution in [0.1, 0.15) is 0 Å². The van der Waals surface area contributed by atoms with Crippen LogP contribution in [0.2, 0.25) is 0 Å². The Bertz CT molecular complexity index is 2760. The summed E-state index contributed by atoms with van der Waals surface area (Å²) < 4.78 is 5.04. The molecule has 10 aromatic rings. The van der Waals surface area contributed by atoms with Crippen molar-refractivity contribution in [1.82, 2.24) is 19.5 Å². The number of hydrogen-bond acceptors (Lipinski definition) is 4. The zero-order chi connectivity index (χ0) is 31.6. The molecule has 0 unspecified atom stereocenters. The standard InChI is InChI=1S/C43H26N4S/c1-3-12-28(13-4-1)41-44-42(29-14-5-2-6-15-29)46-43(45-41)30-19-22-31(23-20-30)47-37-18-10-9-17-33(37)35-26-39-36(25-38(35)47)34-24-21-27-11-7-8-16-32(27)40(34)48-39/h1-26H. The van der Waals surface area contributed by atoms with Crippen molar-refractivity contribution in [3.05, 3.63) is 158 Å². The molecule has 0 aliphatic heterocycles. The molecule has 0 N–H and O–H groups in total. The van der Waals surface area contributed by atoms with Gasteiger partial charge in [0.2, 0.25) is 0 Å². The van der Waals surface area contributed by atoms with Crippen LogP contribution in [0.25, 0.3) is 92.6 Å². The molecule has 0 radical (unpaired) electrons. The van der Waals surface area contributed by atoms with Crippen molar-refractivity contribution in [3.8, 4) is 39.9 Å². The van der Waals surface area contributed by atoms with Gasteiger partial charge in [0, 0.05) is 53.3 Å². The molecule has 0 amide bonds. The molecule has 48 heavy (non-hydrogen) atoms. The first-order valence-corrected chi connectivity index (χ1v) is 16.9. The highest BCUT2D eigenvalue weighted by molar-refractivity contribution is 7.26. The van der Waals surface area contributed by atoms with Gasteiger partial charge in [-0.3, -0.25) is 0 Å². The lowest BCUT2D eigenvalue weighted by molar-refractivity contribution is 1.07. The molecule has 0 bridgehead atoms. The van der Waals surface area contributed by atoms with Gasteiger partial charge in [0.05, 0.1) is 11.0 Å². The minimum absolute atomic E-state index is 0.648. The number of para-hydroxylation sites is 1. The summed E-state index contributed by atoms with van der Waals surface area (Å²) in [6.07, 6.45) is 0. The van der Waals surface area contributed by atoms with E-state index >= 15 is 0 Å². The minimum atomic E-state index is 0.648. The molecule has 5 heteroatoms. The molecule has 0 fully saturated rings. The van der Waals surface area contributed by atoms with Crippen molar-refractivity contribution in [3.63, 3.8) is 0 Å². The first-order valence-electron chi connectivity index (χ1n) is 16.0. The molecule has 0 saturated carbocycles. The highest BCUT2D eigenvalue weighted by Crippen LogP contribution is 2.43. The van der Waals surface area contributed by atoms with Gasteiger partial charge in [0.1, 0.15) is 0 Å². The average molecular weight is 631 g/mol. The normalized spacial score (nSPS) is 11.8. The van der Waals surface area contributed by atoms with E-state index in [0.717, 1.165) is 22.4 Å². The average Bonchev–Trinajstić information content (AvgIpc) is 3.69. The monoisotopic (exact) mass is 630 g/mol. The largest absolute Gasteiger partial charge is 0.309 e. The second-order valence-electron chi connectivity index (χ2n) is 12.1. The van der Waals surface area contributed by atoms with Crippen LogP contribution in [-0.4, -0.2) is 19.5 Å². The molecule has 7 aromatic carbocycles. The highest BCUT2D eigenvalue weighted by Gasteiger charge is 2.17. The van der Waals surface area contributed by atoms with Crippen LogP contribution >= 0.6 is 11.3 Å². The van der Waals surface area contributed by atoms with E-state index in [4.69, 9.17) is 15.0 Å². The third-order valence-electron chi connectivity index (χ3n) is 9.24. The molecule has 0 aliphatic rings. The molecule has 0 aliphatic carbocycles. The van der Waals surface area contributed by atoms with Gasteiger partial charge in [0.25, 0.3) is 0 Å². The number of hydrogen-bond donors (Lipinski definition) is 0. The Kier molecular flexibility index (Phi) is 6.01. The van der Waals surface area contributed by atoms with Gasteiger partial charge < -0.3 is 4.57 Å². The van der Waals surface area contributed by atoms with E-state index in [1.54, 1.807) is 0 Å². The smallest absolute Gasteiger partial charge is 0.164 e. The van der Waals surface area contributed by atoms with Crippen LogP contribution in [0, 0.1) is 0 Å². The van der Waals surface area contributed by atoms with Crippen molar-refractivity contribution in [2.75, 3.05) is 0 Å². The number of aromatic nitrogens is 4. The maximum Gasteiger partial charge on any atom is 0.164 e. The number of thiophene rings is 1. The maximum absolute atomic E-state index is 4.94. The van der Waals surface area contributed by atoms with Crippen LogP contribution in [0.15, 0.2) is 158 Å². The lowest BCUT2D eigenvalue weighted by Gasteiger charge is -2.11. The van der Waals surface area contributed by atoms with Gasteiger partial charge in [-0.05, 0) is 53.2 Å². The van der Waals surface area contributed by atoms with Crippen molar-refractivity contribution >= 4 is 64.1 Å². The van der Waals surface area contributed by atoms with Gasteiger partial charge >= 0.3 is 0 Å². The molecule has 4 nitrogen and oxygen atoms in total. The van der Waals surface area contributed by atoms with Crippen LogP contribution < -0.4 is 0 Å². The van der Waals surface area contributed by atoms with Crippen LogP contribution in [0.4, 0.5) is 0 Å². The van der Waals surface area contributed by atoms with Crippen LogP contribution in [-0.2, 0) is 0 Å². The van der Waals surface area contributed by atoms with Gasteiger partial charge in [-0.1, -0.05) is 115 Å². The summed E-state index contributed by atoms with van der Waals surface area (Å²) in [7, 11) is 0. The Hall–Kier alpha value is -6.17. The van der Waals surface area contributed by atoms with Crippen molar-refractivity contribution in [2.24, 2.45) is 0 Å². The van der Waals surface area contributed by atoms with E-state index < -0.39 is 0 Å². The second kappa shape index (κ2) is 10.7. The highest BCUT2D eigenvalue weighted by atomic mass is 32.1. The summed E-state index contributed by atoms with van der Waals surface area (Å²) in [5.74, 6) is 1.96. The number of rotatable bonds is 4. The zero-order valence-corrected chi connectivity index (χ0v) is 26.5. The Morgan fingerprint density at radius 1 is 0.396 bits per heavy atom. The van der Waals surface area contributed by atoms with Crippen molar-refractivity contribution in [2.45, 2.75) is 0 Å². The lowest BCUT2D eigenvalue weighted by atomic mass is 10.0. The Balaban J connectivity index is 1.15. The Labute approximate surface area is 280 Å². The van der Waals surface area contributed by atoms with Crippen molar-refractivity contribution in [1.29, 1.82) is 0 Å². The molecule has 10 rings (SSSR count). The Morgan fingerprint density at radius 2 is 0.979 bits per heavy atom. The van der Waals surface area contributed by atoms with E-state index in [1.807, 2.05) is 72.0 Å². The van der Waals surface area contributed by atoms with E-state index in [9.17, 15) is 0 Å². The van der Waals surface area contributed by atoms with Crippen molar-refractivity contribution < 1.29 is 0 Å². The first kappa shape index (κ1) is 27.0. The van der Waals surface area contributed by atoms with Crippen LogP contribution in [0.3, 0.4) is 0 Å². The lowest BCUT2D eigenvalue weighted by Crippen LogP contribution is -2.00. The predicted octanol–water partition coefficient (Wildman–Crippen LogP) is 11.5. The minimum Gasteiger partial charge on any atom is -0.309 e. The van der Waals surface area contributed by atoms with Gasteiger partial charge in [-0.15, -0.1) is 11.3 Å². The summed E-state index contributed by atoms with van der Waals surface area (Å²) >= 11 is 1.89. The molecule has 3 heterocycles. The topological polar surface area (TPSA) is 43.6 Å². The fourth-order valence-corrected chi connectivity index (χ4v) is 8.20. The maximum atomic E-state index is 4.94.